The minimum Gasteiger partial charge on any atom is -0.366 e. The van der Waals surface area contributed by atoms with Gasteiger partial charge in [0.1, 0.15) is 15.5 Å². The number of thiazole rings is 1. The van der Waals surface area contributed by atoms with Crippen LogP contribution < -0.4 is 5.32 Å². The van der Waals surface area contributed by atoms with Gasteiger partial charge in [-0.25, -0.2) is 4.98 Å². The Balaban J connectivity index is 1.23. The SMILES string of the molecule is CCS(=O)c1ccc(CNC(=O)c2cc3c(s2)C2(CCN(Cc4ncc(C(F)(F)F)s4)CC2)O[C@@H](C)C3)nc1. The lowest BCUT2D eigenvalue weighted by molar-refractivity contribution is -0.134. The fourth-order valence-electron chi connectivity index (χ4n) is 5.07. The summed E-state index contributed by atoms with van der Waals surface area (Å²) in [6.07, 6.45) is 0.231. The van der Waals surface area contributed by atoms with Gasteiger partial charge < -0.3 is 10.1 Å². The first-order valence-electron chi connectivity index (χ1n) is 12.7. The van der Waals surface area contributed by atoms with Crippen molar-refractivity contribution in [2.75, 3.05) is 18.8 Å². The molecule has 0 radical (unpaired) electrons. The highest BCUT2D eigenvalue weighted by Gasteiger charge is 2.45. The number of amides is 1. The number of hydrogen-bond donors (Lipinski definition) is 1. The zero-order valence-corrected chi connectivity index (χ0v) is 24.0. The van der Waals surface area contributed by atoms with Crippen LogP contribution >= 0.6 is 22.7 Å². The summed E-state index contributed by atoms with van der Waals surface area (Å²) in [6, 6.07) is 5.50. The van der Waals surface area contributed by atoms with Crippen LogP contribution in [0.15, 0.2) is 35.5 Å². The number of hydrogen-bond acceptors (Lipinski definition) is 8. The van der Waals surface area contributed by atoms with Gasteiger partial charge in [0.15, 0.2) is 0 Å². The van der Waals surface area contributed by atoms with Crippen LogP contribution in [0.4, 0.5) is 13.2 Å². The van der Waals surface area contributed by atoms with E-state index in [1.54, 1.807) is 18.3 Å². The van der Waals surface area contributed by atoms with Crippen LogP contribution in [-0.4, -0.2) is 49.9 Å². The molecule has 1 saturated heterocycles. The van der Waals surface area contributed by atoms with Gasteiger partial charge in [0.05, 0.1) is 51.7 Å². The van der Waals surface area contributed by atoms with Gasteiger partial charge in [0, 0.05) is 29.9 Å². The first-order chi connectivity index (χ1) is 18.6. The molecule has 0 bridgehead atoms. The Morgan fingerprint density at radius 1 is 1.23 bits per heavy atom. The van der Waals surface area contributed by atoms with E-state index in [1.165, 1.54) is 11.3 Å². The second kappa shape index (κ2) is 11.4. The predicted octanol–water partition coefficient (Wildman–Crippen LogP) is 5.13. The van der Waals surface area contributed by atoms with E-state index in [0.29, 0.717) is 70.0 Å². The third-order valence-electron chi connectivity index (χ3n) is 6.99. The van der Waals surface area contributed by atoms with Crippen molar-refractivity contribution in [2.24, 2.45) is 0 Å². The van der Waals surface area contributed by atoms with Gasteiger partial charge in [-0.2, -0.15) is 13.2 Å². The second-order valence-electron chi connectivity index (χ2n) is 9.79. The van der Waals surface area contributed by atoms with E-state index in [9.17, 15) is 22.2 Å². The normalized spacial score (nSPS) is 20.1. The molecule has 5 rings (SSSR count). The number of carbonyl (C=O) groups excluding carboxylic acids is 1. The number of nitrogens with one attached hydrogen (secondary N) is 1. The number of nitrogens with zero attached hydrogens (tertiary/aromatic N) is 3. The van der Waals surface area contributed by atoms with Gasteiger partial charge in [0.2, 0.25) is 0 Å². The highest BCUT2D eigenvalue weighted by Crippen LogP contribution is 2.47. The lowest BCUT2D eigenvalue weighted by Gasteiger charge is -2.45. The summed E-state index contributed by atoms with van der Waals surface area (Å²) in [5.74, 6) is 0.346. The fourth-order valence-corrected chi connectivity index (χ4v) is 7.91. The third-order valence-corrected chi connectivity index (χ3v) is 10.7. The van der Waals surface area contributed by atoms with Crippen LogP contribution in [0.5, 0.6) is 0 Å². The molecular formula is C26H29F3N4O3S3. The Hall–Kier alpha value is -2.19. The van der Waals surface area contributed by atoms with Gasteiger partial charge in [-0.3, -0.25) is 18.9 Å². The lowest BCUT2D eigenvalue weighted by Crippen LogP contribution is -2.47. The van der Waals surface area contributed by atoms with Crippen molar-refractivity contribution in [3.8, 4) is 0 Å². The molecule has 1 fully saturated rings. The lowest BCUT2D eigenvalue weighted by atomic mass is 9.84. The number of alkyl halides is 3. The van der Waals surface area contributed by atoms with E-state index in [1.807, 2.05) is 19.9 Å². The number of fused-ring (bicyclic) bond motifs is 2. The summed E-state index contributed by atoms with van der Waals surface area (Å²) in [4.78, 5) is 25.1. The van der Waals surface area contributed by atoms with E-state index in [4.69, 9.17) is 4.74 Å². The third kappa shape index (κ3) is 6.27. The minimum absolute atomic E-state index is 0.000691. The number of likely N-dealkylation sites (tertiary alicyclic amines) is 1. The highest BCUT2D eigenvalue weighted by atomic mass is 32.2. The number of rotatable bonds is 7. The number of halogens is 3. The average Bonchev–Trinajstić information content (AvgIpc) is 3.56. The van der Waals surface area contributed by atoms with Gasteiger partial charge in [0.25, 0.3) is 5.91 Å². The molecule has 3 aromatic heterocycles. The first kappa shape index (κ1) is 28.3. The van der Waals surface area contributed by atoms with Crippen LogP contribution in [0.3, 0.4) is 0 Å². The monoisotopic (exact) mass is 598 g/mol. The fraction of sp³-hybridized carbons (Fsp3) is 0.500. The van der Waals surface area contributed by atoms with Crippen LogP contribution in [0, 0.1) is 0 Å². The molecule has 1 N–H and O–H groups in total. The maximum atomic E-state index is 13.0. The Morgan fingerprint density at radius 2 is 2.00 bits per heavy atom. The molecule has 3 aromatic rings. The van der Waals surface area contributed by atoms with Crippen molar-refractivity contribution in [1.82, 2.24) is 20.2 Å². The van der Waals surface area contributed by atoms with Crippen LogP contribution in [-0.2, 0) is 46.8 Å². The second-order valence-corrected chi connectivity index (χ2v) is 13.7. The van der Waals surface area contributed by atoms with Crippen molar-refractivity contribution >= 4 is 39.4 Å². The summed E-state index contributed by atoms with van der Waals surface area (Å²) < 4.78 is 57.2. The number of carbonyl (C=O) groups is 1. The molecule has 2 aliphatic rings. The molecule has 2 atom stereocenters. The molecule has 7 nitrogen and oxygen atoms in total. The molecule has 2 aliphatic heterocycles. The van der Waals surface area contributed by atoms with Crippen molar-refractivity contribution < 1.29 is 26.9 Å². The molecule has 0 saturated carbocycles. The zero-order chi connectivity index (χ0) is 27.8. The van der Waals surface area contributed by atoms with Gasteiger partial charge in [-0.15, -0.1) is 22.7 Å². The van der Waals surface area contributed by atoms with E-state index in [-0.39, 0.29) is 18.6 Å². The first-order valence-corrected chi connectivity index (χ1v) is 15.7. The van der Waals surface area contributed by atoms with E-state index < -0.39 is 27.5 Å². The number of piperidine rings is 1. The van der Waals surface area contributed by atoms with E-state index in [0.717, 1.165) is 23.1 Å². The van der Waals surface area contributed by atoms with Gasteiger partial charge in [-0.05, 0) is 49.9 Å². The summed E-state index contributed by atoms with van der Waals surface area (Å²) in [7, 11) is -1.07. The standard InChI is InChI=1S/C26H29F3N4O3S3/c1-3-39(35)19-5-4-18(30-13-19)12-32-24(34)20-11-17-10-16(2)36-25(23(17)37-20)6-8-33(9-7-25)15-22-31-14-21(38-22)26(27,28)29/h4-5,11,13-14,16H,3,6-10,12,15H2,1-2H3,(H,32,34)/t16-,39?/m0/s1. The minimum atomic E-state index is -4.37. The molecule has 0 aromatic carbocycles. The smallest absolute Gasteiger partial charge is 0.366 e. The Bertz CT molecular complexity index is 1350. The molecule has 1 unspecified atom stereocenters. The van der Waals surface area contributed by atoms with Gasteiger partial charge in [-0.1, -0.05) is 6.92 Å². The average molecular weight is 599 g/mol. The Morgan fingerprint density at radius 3 is 2.64 bits per heavy atom. The summed E-state index contributed by atoms with van der Waals surface area (Å²) in [5, 5.41) is 3.39. The van der Waals surface area contributed by atoms with Crippen LogP contribution in [0.1, 0.15) is 62.4 Å². The quantitative estimate of drug-likeness (QED) is 0.406. The summed E-state index contributed by atoms with van der Waals surface area (Å²) >= 11 is 2.15. The van der Waals surface area contributed by atoms with Crippen molar-refractivity contribution in [2.45, 2.75) is 69.0 Å². The van der Waals surface area contributed by atoms with Gasteiger partial charge >= 0.3 is 6.18 Å². The maximum absolute atomic E-state index is 13.0. The molecule has 13 heteroatoms. The Labute approximate surface area is 235 Å². The van der Waals surface area contributed by atoms with Crippen molar-refractivity contribution in [3.05, 3.63) is 61.5 Å². The highest BCUT2D eigenvalue weighted by molar-refractivity contribution is 7.85. The van der Waals surface area contributed by atoms with Crippen LogP contribution in [0.25, 0.3) is 0 Å². The van der Waals surface area contributed by atoms with Crippen molar-refractivity contribution in [3.63, 3.8) is 0 Å². The Kier molecular flexibility index (Phi) is 8.25. The predicted molar refractivity (Wildman–Crippen MR) is 144 cm³/mol. The summed E-state index contributed by atoms with van der Waals surface area (Å²) in [6.45, 7) is 5.85. The van der Waals surface area contributed by atoms with Crippen molar-refractivity contribution in [1.29, 1.82) is 0 Å². The number of aromatic nitrogens is 2. The molecule has 1 amide bonds. The molecule has 39 heavy (non-hydrogen) atoms. The van der Waals surface area contributed by atoms with Crippen LogP contribution in [0.2, 0.25) is 0 Å². The van der Waals surface area contributed by atoms with E-state index in [2.05, 4.69) is 20.2 Å². The molecular weight excluding hydrogens is 570 g/mol. The molecule has 0 aliphatic carbocycles. The number of pyridine rings is 1. The summed E-state index contributed by atoms with van der Waals surface area (Å²) in [5.41, 5.74) is 1.31. The number of thiophene rings is 1. The maximum Gasteiger partial charge on any atom is 0.427 e. The molecule has 5 heterocycles. The largest absolute Gasteiger partial charge is 0.427 e. The molecule has 210 valence electrons. The topological polar surface area (TPSA) is 84.4 Å². The zero-order valence-electron chi connectivity index (χ0n) is 21.5. The number of ether oxygens (including phenoxy) is 1. The molecule has 1 spiro atoms. The van der Waals surface area contributed by atoms with E-state index >= 15 is 0 Å².